The minimum Gasteiger partial charge on any atom is -0.444 e. The fraction of sp³-hybridized carbons (Fsp3) is 0.528. The van der Waals surface area contributed by atoms with E-state index in [0.717, 1.165) is 17.4 Å². The van der Waals surface area contributed by atoms with Crippen LogP contribution in [-0.4, -0.2) is 88.0 Å². The average molecular weight is 757 g/mol. The molecular formula is C36H48N6O10S. The molecule has 1 aliphatic carbocycles. The van der Waals surface area contributed by atoms with E-state index in [0.29, 0.717) is 35.4 Å². The van der Waals surface area contributed by atoms with Gasteiger partial charge in [0.15, 0.2) is 11.5 Å². The molecule has 1 atom stereocenters. The van der Waals surface area contributed by atoms with Gasteiger partial charge in [0.05, 0.1) is 24.3 Å². The molecule has 1 aliphatic rings. The Labute approximate surface area is 310 Å². The fourth-order valence-electron chi connectivity index (χ4n) is 4.95. The third-order valence-electron chi connectivity index (χ3n) is 7.07. The average Bonchev–Trinajstić information content (AvgIpc) is 3.49. The lowest BCUT2D eigenvalue weighted by molar-refractivity contribution is 0.0283. The van der Waals surface area contributed by atoms with Crippen LogP contribution in [0.25, 0.3) is 28.6 Å². The van der Waals surface area contributed by atoms with Gasteiger partial charge >= 0.3 is 18.3 Å². The van der Waals surface area contributed by atoms with Crippen molar-refractivity contribution in [3.63, 3.8) is 0 Å². The fourth-order valence-corrected chi connectivity index (χ4v) is 5.62. The Hall–Kier alpha value is -4.90. The number of carbonyl (C=O) groups is 3. The Morgan fingerprint density at radius 3 is 1.91 bits per heavy atom. The van der Waals surface area contributed by atoms with Crippen molar-refractivity contribution in [3.05, 3.63) is 47.8 Å². The van der Waals surface area contributed by atoms with E-state index in [1.807, 2.05) is 0 Å². The summed E-state index contributed by atoms with van der Waals surface area (Å²) in [6, 6.07) is 7.09. The van der Waals surface area contributed by atoms with Gasteiger partial charge in [-0.1, -0.05) is 18.2 Å². The van der Waals surface area contributed by atoms with E-state index in [9.17, 15) is 22.8 Å². The Morgan fingerprint density at radius 1 is 0.849 bits per heavy atom. The van der Waals surface area contributed by atoms with Crippen molar-refractivity contribution < 1.29 is 45.6 Å². The monoisotopic (exact) mass is 756 g/mol. The number of aromatic nitrogens is 4. The zero-order valence-corrected chi connectivity index (χ0v) is 32.9. The molecule has 1 unspecified atom stereocenters. The molecule has 1 aromatic carbocycles. The predicted molar refractivity (Wildman–Crippen MR) is 195 cm³/mol. The molecule has 4 rings (SSSR count). The number of rotatable bonds is 8. The SMILES string of the molecule is CN(Cc1ccc(-c2nnc(-c3nc(C4=CCC(OS(C)(=O)=O)CC4)cnc3N(C(=O)OC(C)(C)C)C(=O)OC(C)(C)C)o2)cc1)C(=O)OC(C)(C)C. The van der Waals surface area contributed by atoms with Gasteiger partial charge in [0.1, 0.15) is 16.8 Å². The Bertz CT molecular complexity index is 1930. The molecule has 0 saturated carbocycles. The van der Waals surface area contributed by atoms with E-state index in [4.69, 9.17) is 27.8 Å². The second-order valence-electron chi connectivity index (χ2n) is 15.6. The molecule has 17 heteroatoms. The molecule has 0 spiro atoms. The van der Waals surface area contributed by atoms with Gasteiger partial charge in [-0.2, -0.15) is 13.3 Å². The Morgan fingerprint density at radius 2 is 1.40 bits per heavy atom. The number of hydrogen-bond donors (Lipinski definition) is 0. The van der Waals surface area contributed by atoms with Crippen molar-refractivity contribution in [1.82, 2.24) is 25.1 Å². The Kier molecular flexibility index (Phi) is 12.0. The van der Waals surface area contributed by atoms with E-state index >= 15 is 0 Å². The highest BCUT2D eigenvalue weighted by molar-refractivity contribution is 7.86. The van der Waals surface area contributed by atoms with Crippen LogP contribution >= 0.6 is 0 Å². The first-order valence-corrected chi connectivity index (χ1v) is 18.8. The molecule has 2 aromatic heterocycles. The second kappa shape index (κ2) is 15.6. The van der Waals surface area contributed by atoms with Crippen molar-refractivity contribution in [2.45, 2.75) is 111 Å². The van der Waals surface area contributed by atoms with Crippen LogP contribution < -0.4 is 4.90 Å². The molecule has 3 amide bonds. The lowest BCUT2D eigenvalue weighted by Gasteiger charge is -2.28. The molecule has 0 fully saturated rings. The smallest absolute Gasteiger partial charge is 0.425 e. The van der Waals surface area contributed by atoms with Gasteiger partial charge in [-0.25, -0.2) is 24.4 Å². The summed E-state index contributed by atoms with van der Waals surface area (Å²) in [5.41, 5.74) is -0.263. The van der Waals surface area contributed by atoms with E-state index in [-0.39, 0.29) is 29.8 Å². The lowest BCUT2D eigenvalue weighted by Crippen LogP contribution is -2.44. The second-order valence-corrected chi connectivity index (χ2v) is 17.2. The van der Waals surface area contributed by atoms with Crippen LogP contribution in [0.1, 0.15) is 92.8 Å². The lowest BCUT2D eigenvalue weighted by atomic mass is 9.95. The van der Waals surface area contributed by atoms with Crippen LogP contribution in [0.5, 0.6) is 0 Å². The van der Waals surface area contributed by atoms with Gasteiger partial charge in [-0.3, -0.25) is 4.18 Å². The summed E-state index contributed by atoms with van der Waals surface area (Å²) >= 11 is 0. The summed E-state index contributed by atoms with van der Waals surface area (Å²) < 4.78 is 51.2. The number of allylic oxidation sites excluding steroid dienone is 1. The van der Waals surface area contributed by atoms with Gasteiger partial charge in [0.25, 0.3) is 16.0 Å². The number of hydrogen-bond acceptors (Lipinski definition) is 14. The molecule has 0 N–H and O–H groups in total. The molecule has 288 valence electrons. The van der Waals surface area contributed by atoms with Crippen LogP contribution in [0.2, 0.25) is 0 Å². The number of benzene rings is 1. The van der Waals surface area contributed by atoms with Gasteiger partial charge in [0.2, 0.25) is 5.89 Å². The maximum Gasteiger partial charge on any atom is 0.425 e. The molecule has 3 aromatic rings. The maximum absolute atomic E-state index is 13.6. The highest BCUT2D eigenvalue weighted by atomic mass is 32.2. The summed E-state index contributed by atoms with van der Waals surface area (Å²) in [4.78, 5) is 51.0. The van der Waals surface area contributed by atoms with Crippen LogP contribution in [0, 0.1) is 0 Å². The first kappa shape index (κ1) is 40.9. The van der Waals surface area contributed by atoms with Crippen molar-refractivity contribution in [1.29, 1.82) is 0 Å². The van der Waals surface area contributed by atoms with Crippen molar-refractivity contribution >= 4 is 39.8 Å². The molecule has 53 heavy (non-hydrogen) atoms. The van der Waals surface area contributed by atoms with Crippen LogP contribution in [0.4, 0.5) is 20.2 Å². The highest BCUT2D eigenvalue weighted by Crippen LogP contribution is 2.35. The molecule has 0 saturated heterocycles. The van der Waals surface area contributed by atoms with Crippen LogP contribution in [-0.2, 0) is 35.1 Å². The summed E-state index contributed by atoms with van der Waals surface area (Å²) in [6.07, 6.45) is 2.16. The normalized spacial score (nSPS) is 15.3. The number of ether oxygens (including phenoxy) is 3. The summed E-state index contributed by atoms with van der Waals surface area (Å²) in [5, 5.41) is 8.42. The predicted octanol–water partition coefficient (Wildman–Crippen LogP) is 7.15. The third kappa shape index (κ3) is 12.1. The number of anilines is 1. The summed E-state index contributed by atoms with van der Waals surface area (Å²) in [6.45, 7) is 15.6. The van der Waals surface area contributed by atoms with E-state index in [2.05, 4.69) is 15.2 Å². The molecule has 0 bridgehead atoms. The van der Waals surface area contributed by atoms with Crippen molar-refractivity contribution in [2.75, 3.05) is 18.2 Å². The molecule has 0 aliphatic heterocycles. The van der Waals surface area contributed by atoms with E-state index in [1.165, 1.54) is 11.1 Å². The molecule has 16 nitrogen and oxygen atoms in total. The molecule has 0 radical (unpaired) electrons. The van der Waals surface area contributed by atoms with Gasteiger partial charge in [0, 0.05) is 19.2 Å². The van der Waals surface area contributed by atoms with Gasteiger partial charge in [-0.15, -0.1) is 10.2 Å². The zero-order chi connectivity index (χ0) is 39.5. The number of carbonyl (C=O) groups excluding carboxylic acids is 3. The highest BCUT2D eigenvalue weighted by Gasteiger charge is 2.37. The largest absolute Gasteiger partial charge is 0.444 e. The number of nitrogens with zero attached hydrogens (tertiary/aromatic N) is 6. The minimum atomic E-state index is -3.64. The quantitative estimate of drug-likeness (QED) is 0.166. The number of amides is 3. The van der Waals surface area contributed by atoms with Crippen molar-refractivity contribution in [3.8, 4) is 23.0 Å². The van der Waals surface area contributed by atoms with Gasteiger partial charge < -0.3 is 23.5 Å². The molecule has 2 heterocycles. The zero-order valence-electron chi connectivity index (χ0n) is 32.0. The third-order valence-corrected chi connectivity index (χ3v) is 7.69. The first-order chi connectivity index (χ1) is 24.4. The van der Waals surface area contributed by atoms with Crippen molar-refractivity contribution in [2.24, 2.45) is 0 Å². The Balaban J connectivity index is 1.74. The minimum absolute atomic E-state index is 0.101. The summed E-state index contributed by atoms with van der Waals surface area (Å²) in [5.74, 6) is -0.337. The van der Waals surface area contributed by atoms with Gasteiger partial charge in [-0.05, 0) is 105 Å². The standard InChI is InChI=1S/C36H48N6O10S/c1-34(2,3)49-31(43)41(10)21-22-12-14-24(15-13-22)29-39-40-30(48-29)27-28(42(32(44)50-35(4,5)6)33(45)51-36(7,8)9)37-20-26(38-27)23-16-18-25(19-17-23)52-53(11,46)47/h12-16,20,25H,17-19,21H2,1-11H3. The summed E-state index contributed by atoms with van der Waals surface area (Å²) in [7, 11) is -2.00. The maximum atomic E-state index is 13.6. The topological polar surface area (TPSA) is 193 Å². The first-order valence-electron chi connectivity index (χ1n) is 17.0. The molecular weight excluding hydrogens is 708 g/mol. The van der Waals surface area contributed by atoms with E-state index in [1.54, 1.807) is 99.7 Å². The number of imide groups is 1. The van der Waals surface area contributed by atoms with E-state index < -0.39 is 51.3 Å². The van der Waals surface area contributed by atoms with Crippen LogP contribution in [0.15, 0.2) is 41.0 Å². The van der Waals surface area contributed by atoms with Crippen LogP contribution in [0.3, 0.4) is 0 Å².